The van der Waals surface area contributed by atoms with Gasteiger partial charge in [-0.15, -0.1) is 13.2 Å². The molecule has 0 aliphatic carbocycles. The maximum Gasteiger partial charge on any atom is 0.573 e. The Morgan fingerprint density at radius 2 is 2.00 bits per heavy atom. The molecule has 0 saturated heterocycles. The van der Waals surface area contributed by atoms with E-state index in [1.807, 2.05) is 0 Å². The van der Waals surface area contributed by atoms with Crippen LogP contribution in [0, 0.1) is 3.70 Å². The smallest absolute Gasteiger partial charge is 0.465 e. The second-order valence-electron chi connectivity index (χ2n) is 3.05. The largest absolute Gasteiger partial charge is 0.573 e. The summed E-state index contributed by atoms with van der Waals surface area (Å²) in [7, 11) is 0.927. The predicted molar refractivity (Wildman–Crippen MR) is 59.9 cm³/mol. The minimum Gasteiger partial charge on any atom is -0.465 e. The van der Waals surface area contributed by atoms with E-state index >= 15 is 0 Å². The molecule has 0 fully saturated rings. The maximum atomic E-state index is 12.5. The van der Waals surface area contributed by atoms with Crippen LogP contribution in [0.4, 0.5) is 22.0 Å². The van der Waals surface area contributed by atoms with E-state index in [1.54, 1.807) is 0 Å². The molecule has 1 aromatic heterocycles. The summed E-state index contributed by atoms with van der Waals surface area (Å²) in [5.41, 5.74) is -1.60. The Bertz CT molecular complexity index is 491. The lowest BCUT2D eigenvalue weighted by Gasteiger charge is -2.14. The van der Waals surface area contributed by atoms with Gasteiger partial charge in [0, 0.05) is 6.07 Å². The molecule has 10 heteroatoms. The van der Waals surface area contributed by atoms with Crippen molar-refractivity contribution in [3.05, 3.63) is 21.0 Å². The van der Waals surface area contributed by atoms with Crippen LogP contribution in [0.1, 0.15) is 22.5 Å². The highest BCUT2D eigenvalue weighted by Crippen LogP contribution is 2.32. The first-order chi connectivity index (χ1) is 8.65. The molecular formula is C9H5F5INO3. The van der Waals surface area contributed by atoms with Gasteiger partial charge in [0.15, 0.2) is 0 Å². The number of carbonyl (C=O) groups is 1. The molecule has 0 bridgehead atoms. The molecule has 1 rings (SSSR count). The lowest BCUT2D eigenvalue weighted by atomic mass is 10.2. The van der Waals surface area contributed by atoms with Gasteiger partial charge in [-0.2, -0.15) is 0 Å². The Morgan fingerprint density at radius 1 is 1.42 bits per heavy atom. The van der Waals surface area contributed by atoms with E-state index in [0.717, 1.165) is 7.11 Å². The second kappa shape index (κ2) is 5.84. The standard InChI is InChI=1S/C9H5F5INO3/c1-18-8(17)5-4(19-9(12,13)14)2-3(6(10)11)16-7(5)15/h2,6H,1H3. The monoisotopic (exact) mass is 397 g/mol. The van der Waals surface area contributed by atoms with Crippen LogP contribution in [0.25, 0.3) is 0 Å². The van der Waals surface area contributed by atoms with Gasteiger partial charge in [-0.1, -0.05) is 0 Å². The first kappa shape index (κ1) is 15.9. The number of nitrogens with zero attached hydrogens (tertiary/aromatic N) is 1. The summed E-state index contributed by atoms with van der Waals surface area (Å²) in [6.45, 7) is 0. The van der Waals surface area contributed by atoms with Gasteiger partial charge in [-0.05, 0) is 22.6 Å². The van der Waals surface area contributed by atoms with Crippen LogP contribution in [0.2, 0.25) is 0 Å². The molecule has 0 radical (unpaired) electrons. The van der Waals surface area contributed by atoms with Crippen LogP contribution < -0.4 is 4.74 Å². The van der Waals surface area contributed by atoms with Gasteiger partial charge in [0.05, 0.1) is 7.11 Å². The number of halogens is 6. The molecular weight excluding hydrogens is 392 g/mol. The Hall–Kier alpha value is -1.20. The van der Waals surface area contributed by atoms with E-state index in [4.69, 9.17) is 0 Å². The Morgan fingerprint density at radius 3 is 2.42 bits per heavy atom. The zero-order valence-corrected chi connectivity index (χ0v) is 11.3. The molecule has 0 N–H and O–H groups in total. The molecule has 4 nitrogen and oxygen atoms in total. The Labute approximate surface area is 117 Å². The lowest BCUT2D eigenvalue weighted by Crippen LogP contribution is -2.21. The van der Waals surface area contributed by atoms with Crippen molar-refractivity contribution in [2.75, 3.05) is 7.11 Å². The Balaban J connectivity index is 3.40. The number of ether oxygens (including phenoxy) is 2. The van der Waals surface area contributed by atoms with E-state index in [1.165, 1.54) is 22.6 Å². The molecule has 19 heavy (non-hydrogen) atoms. The third kappa shape index (κ3) is 4.14. The van der Waals surface area contributed by atoms with Crippen molar-refractivity contribution in [2.45, 2.75) is 12.8 Å². The van der Waals surface area contributed by atoms with Crippen LogP contribution in [0.3, 0.4) is 0 Å². The maximum absolute atomic E-state index is 12.5. The van der Waals surface area contributed by atoms with Gasteiger partial charge < -0.3 is 9.47 Å². The van der Waals surface area contributed by atoms with Crippen LogP contribution >= 0.6 is 22.6 Å². The minimum absolute atomic E-state index is 0.354. The van der Waals surface area contributed by atoms with E-state index in [2.05, 4.69) is 14.5 Å². The molecule has 106 valence electrons. The number of esters is 1. The molecule has 0 amide bonds. The minimum atomic E-state index is -5.13. The van der Waals surface area contributed by atoms with Crippen LogP contribution in [-0.2, 0) is 4.74 Å². The molecule has 1 aromatic rings. The fourth-order valence-electron chi connectivity index (χ4n) is 1.11. The zero-order chi connectivity index (χ0) is 14.8. The fourth-order valence-corrected chi connectivity index (χ4v) is 1.88. The van der Waals surface area contributed by atoms with Crippen molar-refractivity contribution in [3.63, 3.8) is 0 Å². The highest BCUT2D eigenvalue weighted by molar-refractivity contribution is 14.1. The summed E-state index contributed by atoms with van der Waals surface area (Å²) in [6.07, 6.45) is -8.23. The van der Waals surface area contributed by atoms with E-state index in [0.29, 0.717) is 6.07 Å². The molecule has 0 atom stereocenters. The first-order valence-electron chi connectivity index (χ1n) is 4.48. The SMILES string of the molecule is COC(=O)c1c(OC(F)(F)F)cc(C(F)F)nc1I. The zero-order valence-electron chi connectivity index (χ0n) is 9.09. The Kier molecular flexibility index (Phi) is 4.87. The first-order valence-corrected chi connectivity index (χ1v) is 5.56. The van der Waals surface area contributed by atoms with Crippen molar-refractivity contribution in [1.29, 1.82) is 0 Å². The summed E-state index contributed by atoms with van der Waals surface area (Å²) >= 11 is 1.34. The van der Waals surface area contributed by atoms with E-state index in [-0.39, 0.29) is 3.70 Å². The molecule has 0 aliphatic heterocycles. The van der Waals surface area contributed by atoms with Gasteiger partial charge >= 0.3 is 12.3 Å². The summed E-state index contributed by atoms with van der Waals surface area (Å²) < 4.78 is 68.8. The van der Waals surface area contributed by atoms with Crippen molar-refractivity contribution >= 4 is 28.6 Å². The van der Waals surface area contributed by atoms with Gasteiger partial charge in [0.1, 0.15) is 20.7 Å². The summed E-state index contributed by atoms with van der Waals surface area (Å²) in [6, 6.07) is 0.354. The predicted octanol–water partition coefficient (Wildman–Crippen LogP) is 3.31. The molecule has 1 heterocycles. The highest BCUT2D eigenvalue weighted by atomic mass is 127. The number of alkyl halides is 5. The summed E-state index contributed by atoms with van der Waals surface area (Å²) in [4.78, 5) is 14.6. The number of carbonyl (C=O) groups excluding carboxylic acids is 1. The molecule has 0 aromatic carbocycles. The van der Waals surface area contributed by atoms with Crippen LogP contribution in [-0.4, -0.2) is 24.4 Å². The van der Waals surface area contributed by atoms with Gasteiger partial charge in [-0.3, -0.25) is 0 Å². The number of pyridine rings is 1. The highest BCUT2D eigenvalue weighted by Gasteiger charge is 2.35. The lowest BCUT2D eigenvalue weighted by molar-refractivity contribution is -0.274. The van der Waals surface area contributed by atoms with E-state index in [9.17, 15) is 26.7 Å². The number of methoxy groups -OCH3 is 1. The summed E-state index contributed by atoms with van der Waals surface area (Å²) in [5.74, 6) is -2.24. The molecule has 0 aliphatic rings. The topological polar surface area (TPSA) is 48.4 Å². The average molecular weight is 397 g/mol. The number of rotatable bonds is 3. The third-order valence-corrected chi connectivity index (χ3v) is 2.58. The number of hydrogen-bond donors (Lipinski definition) is 0. The average Bonchev–Trinajstić information content (AvgIpc) is 2.25. The molecule has 0 unspecified atom stereocenters. The third-order valence-electron chi connectivity index (χ3n) is 1.80. The van der Waals surface area contributed by atoms with Crippen molar-refractivity contribution < 1.29 is 36.2 Å². The molecule has 0 spiro atoms. The van der Waals surface area contributed by atoms with Crippen molar-refractivity contribution in [3.8, 4) is 5.75 Å². The van der Waals surface area contributed by atoms with Crippen LogP contribution in [0.5, 0.6) is 5.75 Å². The van der Waals surface area contributed by atoms with Gasteiger partial charge in [0.2, 0.25) is 0 Å². The van der Waals surface area contributed by atoms with Crippen molar-refractivity contribution in [2.24, 2.45) is 0 Å². The van der Waals surface area contributed by atoms with Crippen molar-refractivity contribution in [1.82, 2.24) is 4.98 Å². The number of aromatic nitrogens is 1. The van der Waals surface area contributed by atoms with Gasteiger partial charge in [0.25, 0.3) is 6.43 Å². The fraction of sp³-hybridized carbons (Fsp3) is 0.333. The second-order valence-corrected chi connectivity index (χ2v) is 4.07. The summed E-state index contributed by atoms with van der Waals surface area (Å²) in [5, 5.41) is 0. The van der Waals surface area contributed by atoms with Crippen LogP contribution in [0.15, 0.2) is 6.07 Å². The van der Waals surface area contributed by atoms with Gasteiger partial charge in [-0.25, -0.2) is 18.6 Å². The normalized spacial score (nSPS) is 11.6. The molecule has 0 saturated carbocycles. The van der Waals surface area contributed by atoms with E-state index < -0.39 is 35.8 Å². The number of hydrogen-bond acceptors (Lipinski definition) is 4. The quantitative estimate of drug-likeness (QED) is 0.340.